The van der Waals surface area contributed by atoms with Crippen molar-refractivity contribution < 1.29 is 13.2 Å². The number of benzene rings is 2. The van der Waals surface area contributed by atoms with Gasteiger partial charge in [-0.3, -0.25) is 4.79 Å². The average molecular weight is 437 g/mol. The Hall–Kier alpha value is -1.70. The molecule has 0 spiro atoms. The predicted octanol–water partition coefficient (Wildman–Crippen LogP) is 3.52. The van der Waals surface area contributed by atoms with Gasteiger partial charge in [-0.25, -0.2) is 12.7 Å². The zero-order chi connectivity index (χ0) is 19.2. The predicted molar refractivity (Wildman–Crippen MR) is 106 cm³/mol. The zero-order valence-corrected chi connectivity index (χ0v) is 17.6. The highest BCUT2D eigenvalue weighted by atomic mass is 79.9. The van der Waals surface area contributed by atoms with Gasteiger partial charge in [0.05, 0.1) is 4.90 Å². The van der Waals surface area contributed by atoms with Gasteiger partial charge < -0.3 is 4.90 Å². The van der Waals surface area contributed by atoms with Crippen molar-refractivity contribution in [2.45, 2.75) is 25.2 Å². The maximum absolute atomic E-state index is 13.1. The van der Waals surface area contributed by atoms with Crippen molar-refractivity contribution >= 4 is 37.5 Å². The molecule has 0 fully saturated rings. The Morgan fingerprint density at radius 1 is 1.15 bits per heavy atom. The Labute approximate surface area is 162 Å². The molecular formula is C19H21BrN2O3S. The van der Waals surface area contributed by atoms with Gasteiger partial charge in [0.2, 0.25) is 10.0 Å². The van der Waals surface area contributed by atoms with Gasteiger partial charge in [0, 0.05) is 36.4 Å². The molecule has 0 saturated carbocycles. The van der Waals surface area contributed by atoms with Crippen LogP contribution in [0.5, 0.6) is 0 Å². The lowest BCUT2D eigenvalue weighted by Gasteiger charge is -2.20. The molecule has 0 N–H and O–H groups in total. The van der Waals surface area contributed by atoms with Crippen LogP contribution in [0.2, 0.25) is 0 Å². The van der Waals surface area contributed by atoms with Crippen LogP contribution in [0.25, 0.3) is 0 Å². The SMILES string of the molecule is Cc1cc(C(=O)N2CCc3cc(Br)ccc32)cc(S(=O)(=O)N(C)C)c1C. The van der Waals surface area contributed by atoms with Crippen LogP contribution in [0.4, 0.5) is 5.69 Å². The molecular weight excluding hydrogens is 416 g/mol. The Balaban J connectivity index is 2.06. The number of nitrogens with zero attached hydrogens (tertiary/aromatic N) is 2. The number of aryl methyl sites for hydroxylation is 1. The number of fused-ring (bicyclic) bond motifs is 1. The summed E-state index contributed by atoms with van der Waals surface area (Å²) in [5.41, 5.74) is 3.84. The number of halogens is 1. The summed E-state index contributed by atoms with van der Waals surface area (Å²) in [6.45, 7) is 4.19. The van der Waals surface area contributed by atoms with Crippen LogP contribution < -0.4 is 4.90 Å². The molecule has 1 aliphatic heterocycles. The van der Waals surface area contributed by atoms with Crippen LogP contribution in [-0.2, 0) is 16.4 Å². The number of amides is 1. The highest BCUT2D eigenvalue weighted by molar-refractivity contribution is 9.10. The second-order valence-electron chi connectivity index (χ2n) is 6.68. The smallest absolute Gasteiger partial charge is 0.258 e. The highest BCUT2D eigenvalue weighted by Gasteiger charge is 2.28. The molecule has 1 amide bonds. The van der Waals surface area contributed by atoms with Crippen LogP contribution >= 0.6 is 15.9 Å². The van der Waals surface area contributed by atoms with Crippen LogP contribution in [0, 0.1) is 13.8 Å². The largest absolute Gasteiger partial charge is 0.308 e. The van der Waals surface area contributed by atoms with Gasteiger partial charge >= 0.3 is 0 Å². The fourth-order valence-electron chi connectivity index (χ4n) is 3.15. The molecule has 0 bridgehead atoms. The third kappa shape index (κ3) is 3.19. The molecule has 0 unspecified atom stereocenters. The summed E-state index contributed by atoms with van der Waals surface area (Å²) in [4.78, 5) is 15.0. The molecule has 0 aromatic heterocycles. The number of hydrogen-bond acceptors (Lipinski definition) is 3. The van der Waals surface area contributed by atoms with E-state index >= 15 is 0 Å². The summed E-state index contributed by atoms with van der Waals surface area (Å²) in [5.74, 6) is -0.177. The molecule has 0 radical (unpaired) electrons. The lowest BCUT2D eigenvalue weighted by atomic mass is 10.1. The zero-order valence-electron chi connectivity index (χ0n) is 15.2. The first-order valence-corrected chi connectivity index (χ1v) is 10.5. The maximum Gasteiger partial charge on any atom is 0.258 e. The lowest BCUT2D eigenvalue weighted by molar-refractivity contribution is 0.0989. The van der Waals surface area contributed by atoms with Gasteiger partial charge in [0.15, 0.2) is 0 Å². The van der Waals surface area contributed by atoms with Crippen molar-refractivity contribution in [2.24, 2.45) is 0 Å². The molecule has 1 heterocycles. The summed E-state index contributed by atoms with van der Waals surface area (Å²) in [7, 11) is -0.633. The number of carbonyl (C=O) groups is 1. The molecule has 26 heavy (non-hydrogen) atoms. The summed E-state index contributed by atoms with van der Waals surface area (Å²) in [6.07, 6.45) is 0.786. The summed E-state index contributed by atoms with van der Waals surface area (Å²) < 4.78 is 27.4. The molecule has 138 valence electrons. The Bertz CT molecular complexity index is 1000. The van der Waals surface area contributed by atoms with E-state index in [9.17, 15) is 13.2 Å². The van der Waals surface area contributed by atoms with E-state index in [1.165, 1.54) is 24.5 Å². The topological polar surface area (TPSA) is 57.7 Å². The summed E-state index contributed by atoms with van der Waals surface area (Å²) >= 11 is 3.45. The van der Waals surface area contributed by atoms with Gasteiger partial charge in [0.1, 0.15) is 0 Å². The molecule has 3 rings (SSSR count). The molecule has 1 aliphatic rings. The minimum Gasteiger partial charge on any atom is -0.308 e. The molecule has 2 aromatic carbocycles. The van der Waals surface area contributed by atoms with Gasteiger partial charge in [-0.1, -0.05) is 15.9 Å². The number of hydrogen-bond donors (Lipinski definition) is 0. The van der Waals surface area contributed by atoms with E-state index in [1.807, 2.05) is 25.1 Å². The summed E-state index contributed by atoms with van der Waals surface area (Å²) in [6, 6.07) is 9.11. The van der Waals surface area contributed by atoms with Crippen LogP contribution in [0.15, 0.2) is 39.7 Å². The minimum absolute atomic E-state index is 0.177. The highest BCUT2D eigenvalue weighted by Crippen LogP contribution is 2.32. The molecule has 0 aliphatic carbocycles. The molecule has 7 heteroatoms. The van der Waals surface area contributed by atoms with Crippen molar-refractivity contribution in [3.05, 3.63) is 57.1 Å². The standard InChI is InChI=1S/C19H21BrN2O3S/c1-12-9-15(11-18(13(12)2)26(24,25)21(3)4)19(23)22-8-7-14-10-16(20)5-6-17(14)22/h5-6,9-11H,7-8H2,1-4H3. The van der Waals surface area contributed by atoms with E-state index in [0.29, 0.717) is 17.7 Å². The normalized spacial score (nSPS) is 14.0. The monoisotopic (exact) mass is 436 g/mol. The Kier molecular flexibility index (Phi) is 4.98. The summed E-state index contributed by atoms with van der Waals surface area (Å²) in [5, 5.41) is 0. The van der Waals surface area contributed by atoms with E-state index in [0.717, 1.165) is 27.7 Å². The van der Waals surface area contributed by atoms with Crippen molar-refractivity contribution in [2.75, 3.05) is 25.5 Å². The van der Waals surface area contributed by atoms with Gasteiger partial charge in [-0.15, -0.1) is 0 Å². The maximum atomic E-state index is 13.1. The third-order valence-electron chi connectivity index (χ3n) is 4.81. The fourth-order valence-corrected chi connectivity index (χ4v) is 4.78. The average Bonchev–Trinajstić information content (AvgIpc) is 2.98. The second-order valence-corrected chi connectivity index (χ2v) is 9.72. The van der Waals surface area contributed by atoms with Gasteiger partial charge in [-0.05, 0) is 67.3 Å². The first kappa shape index (κ1) is 19.1. The molecule has 0 saturated heterocycles. The Morgan fingerprint density at radius 2 is 1.85 bits per heavy atom. The Morgan fingerprint density at radius 3 is 2.50 bits per heavy atom. The minimum atomic E-state index is -3.62. The van der Waals surface area contributed by atoms with E-state index in [4.69, 9.17) is 0 Å². The van der Waals surface area contributed by atoms with Crippen molar-refractivity contribution in [1.82, 2.24) is 4.31 Å². The molecule has 0 atom stereocenters. The van der Waals surface area contributed by atoms with Crippen molar-refractivity contribution in [1.29, 1.82) is 0 Å². The lowest BCUT2D eigenvalue weighted by Crippen LogP contribution is -2.30. The van der Waals surface area contributed by atoms with Crippen LogP contribution in [-0.4, -0.2) is 39.3 Å². The number of anilines is 1. The van der Waals surface area contributed by atoms with Crippen molar-refractivity contribution in [3.8, 4) is 0 Å². The fraction of sp³-hybridized carbons (Fsp3) is 0.316. The number of rotatable bonds is 3. The number of carbonyl (C=O) groups excluding carboxylic acids is 1. The quantitative estimate of drug-likeness (QED) is 0.739. The van der Waals surface area contributed by atoms with E-state index in [2.05, 4.69) is 15.9 Å². The third-order valence-corrected chi connectivity index (χ3v) is 7.24. The van der Waals surface area contributed by atoms with Crippen LogP contribution in [0.3, 0.4) is 0 Å². The van der Waals surface area contributed by atoms with E-state index in [-0.39, 0.29) is 10.8 Å². The number of sulfonamides is 1. The van der Waals surface area contributed by atoms with Crippen LogP contribution in [0.1, 0.15) is 27.0 Å². The van der Waals surface area contributed by atoms with Crippen molar-refractivity contribution in [3.63, 3.8) is 0 Å². The first-order valence-electron chi connectivity index (χ1n) is 8.27. The second kappa shape index (κ2) is 6.79. The van der Waals surface area contributed by atoms with Gasteiger partial charge in [0.25, 0.3) is 5.91 Å². The first-order chi connectivity index (χ1) is 12.1. The molecule has 2 aromatic rings. The van der Waals surface area contributed by atoms with E-state index < -0.39 is 10.0 Å². The van der Waals surface area contributed by atoms with Gasteiger partial charge in [-0.2, -0.15) is 0 Å². The van der Waals surface area contributed by atoms with E-state index in [1.54, 1.807) is 17.9 Å². The molecule has 5 nitrogen and oxygen atoms in total.